The molecule has 0 aliphatic carbocycles. The molecule has 1 heterocycles. The van der Waals surface area contributed by atoms with Crippen molar-refractivity contribution in [1.82, 2.24) is 15.2 Å². The number of benzene rings is 2. The van der Waals surface area contributed by atoms with Gasteiger partial charge in [-0.05, 0) is 54.0 Å². The molecule has 0 bridgehead atoms. The molecule has 0 atom stereocenters. The summed E-state index contributed by atoms with van der Waals surface area (Å²) in [7, 11) is 0. The molecule has 0 saturated carbocycles. The SMILES string of the molecule is Cc1nn(-c2ccccc2)c(Cl)c1/C=N\NC(=O)COc1ccc(C(C)(C)CC(C)(C)C)cc1. The summed E-state index contributed by atoms with van der Waals surface area (Å²) < 4.78 is 7.25. The molecule has 0 aliphatic heterocycles. The highest BCUT2D eigenvalue weighted by Gasteiger charge is 2.27. The molecule has 1 N–H and O–H groups in total. The third-order valence-corrected chi connectivity index (χ3v) is 5.77. The Morgan fingerprint density at radius 1 is 1.09 bits per heavy atom. The monoisotopic (exact) mass is 480 g/mol. The van der Waals surface area contributed by atoms with Gasteiger partial charge >= 0.3 is 0 Å². The largest absolute Gasteiger partial charge is 0.484 e. The van der Waals surface area contributed by atoms with Gasteiger partial charge in [0.15, 0.2) is 6.61 Å². The van der Waals surface area contributed by atoms with E-state index in [1.807, 2.05) is 49.4 Å². The number of aromatic nitrogens is 2. The molecule has 0 saturated heterocycles. The van der Waals surface area contributed by atoms with Crippen molar-refractivity contribution in [3.05, 3.63) is 76.6 Å². The number of hydrogen-bond acceptors (Lipinski definition) is 4. The number of nitrogens with one attached hydrogen (secondary N) is 1. The summed E-state index contributed by atoms with van der Waals surface area (Å²) in [6.07, 6.45) is 2.56. The molecule has 180 valence electrons. The molecule has 34 heavy (non-hydrogen) atoms. The van der Waals surface area contributed by atoms with Gasteiger partial charge in [-0.1, -0.05) is 76.6 Å². The smallest absolute Gasteiger partial charge is 0.277 e. The summed E-state index contributed by atoms with van der Waals surface area (Å²) in [6, 6.07) is 17.5. The van der Waals surface area contributed by atoms with Gasteiger partial charge in [0.1, 0.15) is 10.9 Å². The molecule has 1 amide bonds. The quantitative estimate of drug-likeness (QED) is 0.314. The number of rotatable bonds is 8. The number of ether oxygens (including phenoxy) is 1. The molecule has 2 aromatic carbocycles. The molecule has 7 heteroatoms. The van der Waals surface area contributed by atoms with Gasteiger partial charge < -0.3 is 4.74 Å². The summed E-state index contributed by atoms with van der Waals surface area (Å²) in [4.78, 5) is 12.2. The Bertz CT molecular complexity index is 1140. The molecule has 0 spiro atoms. The minimum Gasteiger partial charge on any atom is -0.484 e. The van der Waals surface area contributed by atoms with Gasteiger partial charge in [0.25, 0.3) is 5.91 Å². The van der Waals surface area contributed by atoms with Crippen LogP contribution in [0.2, 0.25) is 5.15 Å². The molecule has 0 aliphatic rings. The van der Waals surface area contributed by atoms with Crippen molar-refractivity contribution in [3.63, 3.8) is 0 Å². The highest BCUT2D eigenvalue weighted by molar-refractivity contribution is 6.32. The highest BCUT2D eigenvalue weighted by atomic mass is 35.5. The van der Waals surface area contributed by atoms with E-state index in [2.05, 4.69) is 62.4 Å². The van der Waals surface area contributed by atoms with E-state index in [0.717, 1.165) is 12.1 Å². The van der Waals surface area contributed by atoms with E-state index in [1.54, 1.807) is 4.68 Å². The van der Waals surface area contributed by atoms with E-state index in [9.17, 15) is 4.79 Å². The predicted molar refractivity (Wildman–Crippen MR) is 138 cm³/mol. The Labute approximate surface area is 207 Å². The Hall–Kier alpha value is -3.12. The zero-order valence-electron chi connectivity index (χ0n) is 20.7. The van der Waals surface area contributed by atoms with Gasteiger partial charge in [-0.2, -0.15) is 10.2 Å². The first-order valence-corrected chi connectivity index (χ1v) is 11.7. The van der Waals surface area contributed by atoms with Crippen molar-refractivity contribution in [2.45, 2.75) is 53.4 Å². The minimum absolute atomic E-state index is 0.0522. The van der Waals surface area contributed by atoms with Crippen molar-refractivity contribution >= 4 is 23.7 Å². The van der Waals surface area contributed by atoms with Crippen LogP contribution in [0.15, 0.2) is 59.7 Å². The average Bonchev–Trinajstić information content (AvgIpc) is 3.05. The normalized spacial score (nSPS) is 12.2. The molecule has 0 unspecified atom stereocenters. The Morgan fingerprint density at radius 3 is 2.35 bits per heavy atom. The number of aryl methyl sites for hydroxylation is 1. The van der Waals surface area contributed by atoms with Crippen molar-refractivity contribution in [2.24, 2.45) is 10.5 Å². The van der Waals surface area contributed by atoms with Gasteiger partial charge in [-0.25, -0.2) is 10.1 Å². The number of nitrogens with zero attached hydrogens (tertiary/aromatic N) is 3. The fraction of sp³-hybridized carbons (Fsp3) is 0.370. The second-order valence-electron chi connectivity index (χ2n) is 10.3. The van der Waals surface area contributed by atoms with Gasteiger partial charge in [0.05, 0.1) is 23.2 Å². The summed E-state index contributed by atoms with van der Waals surface area (Å²) in [5.74, 6) is 0.273. The van der Waals surface area contributed by atoms with E-state index >= 15 is 0 Å². The van der Waals surface area contributed by atoms with Gasteiger partial charge in [-0.15, -0.1) is 0 Å². The van der Waals surface area contributed by atoms with Crippen LogP contribution in [-0.2, 0) is 10.2 Å². The maximum absolute atomic E-state index is 12.2. The second-order valence-corrected chi connectivity index (χ2v) is 10.6. The topological polar surface area (TPSA) is 68.5 Å². The maximum Gasteiger partial charge on any atom is 0.277 e. The second kappa shape index (κ2) is 10.4. The molecule has 0 fully saturated rings. The number of carbonyl (C=O) groups is 1. The maximum atomic E-state index is 12.2. The molecule has 0 radical (unpaired) electrons. The van der Waals surface area contributed by atoms with Crippen LogP contribution in [0.3, 0.4) is 0 Å². The highest BCUT2D eigenvalue weighted by Crippen LogP contribution is 2.36. The Balaban J connectivity index is 1.55. The Morgan fingerprint density at radius 2 is 1.74 bits per heavy atom. The number of hydrazone groups is 1. The Kier molecular flexibility index (Phi) is 7.82. The first-order valence-electron chi connectivity index (χ1n) is 11.3. The van der Waals surface area contributed by atoms with Crippen LogP contribution in [0.4, 0.5) is 0 Å². The first-order chi connectivity index (χ1) is 16.0. The van der Waals surface area contributed by atoms with Crippen LogP contribution in [0.25, 0.3) is 5.69 Å². The fourth-order valence-corrected chi connectivity index (χ4v) is 4.50. The number of para-hydroxylation sites is 1. The van der Waals surface area contributed by atoms with E-state index in [4.69, 9.17) is 16.3 Å². The van der Waals surface area contributed by atoms with E-state index < -0.39 is 0 Å². The van der Waals surface area contributed by atoms with Crippen molar-refractivity contribution in [1.29, 1.82) is 0 Å². The van der Waals surface area contributed by atoms with Gasteiger partial charge in [0.2, 0.25) is 0 Å². The predicted octanol–water partition coefficient (Wildman–Crippen LogP) is 6.08. The first kappa shape index (κ1) is 25.5. The van der Waals surface area contributed by atoms with Crippen LogP contribution < -0.4 is 10.2 Å². The zero-order chi connectivity index (χ0) is 24.9. The van der Waals surface area contributed by atoms with Gasteiger partial charge in [-0.3, -0.25) is 4.79 Å². The third-order valence-electron chi connectivity index (χ3n) is 5.41. The molecule has 1 aromatic heterocycles. The lowest BCUT2D eigenvalue weighted by Crippen LogP contribution is -2.25. The van der Waals surface area contributed by atoms with E-state index in [-0.39, 0.29) is 23.3 Å². The molecule has 6 nitrogen and oxygen atoms in total. The van der Waals surface area contributed by atoms with Crippen LogP contribution >= 0.6 is 11.6 Å². The van der Waals surface area contributed by atoms with Crippen LogP contribution in [0.1, 0.15) is 57.9 Å². The van der Waals surface area contributed by atoms with Crippen molar-refractivity contribution < 1.29 is 9.53 Å². The number of amides is 1. The fourth-order valence-electron chi connectivity index (χ4n) is 4.18. The van der Waals surface area contributed by atoms with Crippen LogP contribution in [0, 0.1) is 12.3 Å². The van der Waals surface area contributed by atoms with E-state index in [1.165, 1.54) is 11.8 Å². The minimum atomic E-state index is -0.363. The van der Waals surface area contributed by atoms with Crippen LogP contribution in [-0.4, -0.2) is 28.5 Å². The lowest BCUT2D eigenvalue weighted by molar-refractivity contribution is -0.123. The van der Waals surface area contributed by atoms with Crippen molar-refractivity contribution in [2.75, 3.05) is 6.61 Å². The summed E-state index contributed by atoms with van der Waals surface area (Å²) >= 11 is 6.47. The number of hydrogen-bond donors (Lipinski definition) is 1. The molecular weight excluding hydrogens is 448 g/mol. The van der Waals surface area contributed by atoms with Crippen LogP contribution in [0.5, 0.6) is 5.75 Å². The zero-order valence-corrected chi connectivity index (χ0v) is 21.5. The summed E-state index contributed by atoms with van der Waals surface area (Å²) in [5.41, 5.74) is 6.20. The number of halogens is 1. The average molecular weight is 481 g/mol. The lowest BCUT2D eigenvalue weighted by Gasteiger charge is -2.33. The molecule has 3 aromatic rings. The third kappa shape index (κ3) is 6.70. The summed E-state index contributed by atoms with van der Waals surface area (Å²) in [5, 5.41) is 8.90. The summed E-state index contributed by atoms with van der Waals surface area (Å²) in [6.45, 7) is 12.9. The molecule has 3 rings (SSSR count). The lowest BCUT2D eigenvalue weighted by atomic mass is 9.72. The number of carbonyl (C=O) groups excluding carboxylic acids is 1. The van der Waals surface area contributed by atoms with Gasteiger partial charge in [0, 0.05) is 0 Å². The standard InChI is InChI=1S/C27H33ClN4O2/c1-19-23(25(28)32(31-19)21-10-8-7-9-11-21)16-29-30-24(33)17-34-22-14-12-20(13-15-22)27(5,6)18-26(2,3)4/h7-16H,17-18H2,1-6H3,(H,30,33)/b29-16-. The van der Waals surface area contributed by atoms with E-state index in [0.29, 0.717) is 22.2 Å². The molecular formula is C27H33ClN4O2. The van der Waals surface area contributed by atoms with Crippen molar-refractivity contribution in [3.8, 4) is 11.4 Å².